The number of rotatable bonds is 6. The van der Waals surface area contributed by atoms with Gasteiger partial charge in [0.1, 0.15) is 18.8 Å². The number of aliphatic hydroxyl groups is 2. The van der Waals surface area contributed by atoms with Crippen LogP contribution in [0.5, 0.6) is 0 Å². The molecule has 0 aliphatic carbocycles. The molecule has 0 unspecified atom stereocenters. The van der Waals surface area contributed by atoms with Gasteiger partial charge < -0.3 is 15.9 Å². The molecule has 0 fully saturated rings. The Morgan fingerprint density at radius 2 is 1.56 bits per heavy atom. The second kappa shape index (κ2) is 5.84. The summed E-state index contributed by atoms with van der Waals surface area (Å²) >= 11 is 0. The molecule has 0 radical (unpaired) electrons. The number of nitrogens with two attached hydrogens (primary N) is 1. The highest BCUT2D eigenvalue weighted by Crippen LogP contribution is 2.23. The van der Waals surface area contributed by atoms with E-state index < -0.39 is 0 Å². The van der Waals surface area contributed by atoms with Crippen LogP contribution in [0.2, 0.25) is 0 Å². The summed E-state index contributed by atoms with van der Waals surface area (Å²) in [6, 6.07) is 7.63. The smallest absolute Gasteiger partial charge is 0.133 e. The largest absolute Gasteiger partial charge is 0.399 e. The van der Waals surface area contributed by atoms with Crippen molar-refractivity contribution in [2.75, 3.05) is 38.6 Å². The molecular formula is C12H21N2O2+. The number of nitrogens with zero attached hydrogens (tertiary/aromatic N) is 1. The molecule has 0 spiro atoms. The fourth-order valence-corrected chi connectivity index (χ4v) is 2.04. The predicted octanol–water partition coefficient (Wildman–Crippen LogP) is 0.581. The Morgan fingerprint density at radius 1 is 1.06 bits per heavy atom. The zero-order chi connectivity index (χ0) is 12.0. The van der Waals surface area contributed by atoms with Crippen molar-refractivity contribution in [2.45, 2.75) is 6.92 Å². The van der Waals surface area contributed by atoms with E-state index in [9.17, 15) is 0 Å². The molecule has 16 heavy (non-hydrogen) atoms. The molecule has 0 atom stereocenters. The Balaban J connectivity index is 3.02. The molecular weight excluding hydrogens is 204 g/mol. The van der Waals surface area contributed by atoms with Gasteiger partial charge in [-0.15, -0.1) is 0 Å². The number of likely N-dealkylation sites (N-methyl/N-ethyl adjacent to an activating group) is 1. The molecule has 4 nitrogen and oxygen atoms in total. The van der Waals surface area contributed by atoms with Crippen molar-refractivity contribution in [3.05, 3.63) is 24.3 Å². The van der Waals surface area contributed by atoms with Gasteiger partial charge in [0.15, 0.2) is 0 Å². The number of quaternary nitrogens is 1. The van der Waals surface area contributed by atoms with Crippen LogP contribution in [0.1, 0.15) is 6.92 Å². The molecule has 4 N–H and O–H groups in total. The fraction of sp³-hybridized carbons (Fsp3) is 0.500. The van der Waals surface area contributed by atoms with Crippen LogP contribution in [0.3, 0.4) is 0 Å². The molecule has 0 heterocycles. The minimum Gasteiger partial charge on any atom is -0.399 e. The van der Waals surface area contributed by atoms with E-state index in [0.717, 1.165) is 17.9 Å². The maximum atomic E-state index is 9.15. The van der Waals surface area contributed by atoms with E-state index >= 15 is 0 Å². The van der Waals surface area contributed by atoms with Crippen molar-refractivity contribution in [3.63, 3.8) is 0 Å². The van der Waals surface area contributed by atoms with Gasteiger partial charge in [-0.1, -0.05) is 0 Å². The van der Waals surface area contributed by atoms with E-state index in [4.69, 9.17) is 15.9 Å². The van der Waals surface area contributed by atoms with E-state index in [-0.39, 0.29) is 13.2 Å². The Morgan fingerprint density at radius 3 is 1.94 bits per heavy atom. The van der Waals surface area contributed by atoms with Crippen LogP contribution in [-0.2, 0) is 0 Å². The number of nitrogen functional groups attached to an aromatic ring is 1. The monoisotopic (exact) mass is 225 g/mol. The van der Waals surface area contributed by atoms with Crippen molar-refractivity contribution in [1.82, 2.24) is 4.48 Å². The van der Waals surface area contributed by atoms with Gasteiger partial charge in [-0.2, -0.15) is 0 Å². The van der Waals surface area contributed by atoms with Gasteiger partial charge in [0.25, 0.3) is 0 Å². The van der Waals surface area contributed by atoms with Gasteiger partial charge in [-0.3, -0.25) is 4.48 Å². The van der Waals surface area contributed by atoms with Gasteiger partial charge in [0.2, 0.25) is 0 Å². The topological polar surface area (TPSA) is 66.5 Å². The Hall–Kier alpha value is -1.10. The minimum atomic E-state index is 0.109. The number of aliphatic hydroxyl groups excluding tert-OH is 2. The summed E-state index contributed by atoms with van der Waals surface area (Å²) in [5.41, 5.74) is 7.46. The Bertz CT molecular complexity index is 305. The second-order valence-electron chi connectivity index (χ2n) is 3.95. The van der Waals surface area contributed by atoms with Crippen LogP contribution >= 0.6 is 0 Å². The number of anilines is 1. The molecule has 0 aromatic heterocycles. The summed E-state index contributed by atoms with van der Waals surface area (Å²) in [6.45, 7) is 4.34. The first kappa shape index (κ1) is 13.0. The van der Waals surface area contributed by atoms with Crippen LogP contribution in [0.4, 0.5) is 11.4 Å². The highest BCUT2D eigenvalue weighted by Gasteiger charge is 2.27. The van der Waals surface area contributed by atoms with Crippen LogP contribution in [0.25, 0.3) is 0 Å². The predicted molar refractivity (Wildman–Crippen MR) is 67.1 cm³/mol. The van der Waals surface area contributed by atoms with Crippen LogP contribution in [0.15, 0.2) is 24.3 Å². The third-order valence-corrected chi connectivity index (χ3v) is 3.10. The van der Waals surface area contributed by atoms with Gasteiger partial charge in [0, 0.05) is 17.8 Å². The lowest BCUT2D eigenvalue weighted by molar-refractivity contribution is 0.168. The summed E-state index contributed by atoms with van der Waals surface area (Å²) in [7, 11) is 0. The quantitative estimate of drug-likeness (QED) is 0.490. The molecule has 1 aromatic carbocycles. The van der Waals surface area contributed by atoms with Crippen molar-refractivity contribution < 1.29 is 10.2 Å². The first-order valence-corrected chi connectivity index (χ1v) is 5.62. The van der Waals surface area contributed by atoms with E-state index in [0.29, 0.717) is 17.6 Å². The minimum absolute atomic E-state index is 0.109. The average molecular weight is 225 g/mol. The number of hydrogen-bond donors (Lipinski definition) is 3. The summed E-state index contributed by atoms with van der Waals surface area (Å²) < 4.78 is 0.591. The van der Waals surface area contributed by atoms with Gasteiger partial charge >= 0.3 is 0 Å². The molecule has 0 aliphatic rings. The molecule has 90 valence electrons. The van der Waals surface area contributed by atoms with E-state index in [1.165, 1.54) is 0 Å². The lowest BCUT2D eigenvalue weighted by Gasteiger charge is -2.36. The van der Waals surface area contributed by atoms with E-state index in [1.807, 2.05) is 24.3 Å². The van der Waals surface area contributed by atoms with Crippen molar-refractivity contribution >= 4 is 11.4 Å². The zero-order valence-corrected chi connectivity index (χ0v) is 9.76. The highest BCUT2D eigenvalue weighted by molar-refractivity contribution is 5.50. The third-order valence-electron chi connectivity index (χ3n) is 3.10. The average Bonchev–Trinajstić information content (AvgIpc) is 2.29. The standard InChI is InChI=1S/C12H21N2O2/c1-2-14(7-9-15,8-10-16)12-5-3-11(13)4-6-12/h3-6,15-16H,2,7-10,13H2,1H3/q+1. The first-order valence-electron chi connectivity index (χ1n) is 5.62. The lowest BCUT2D eigenvalue weighted by atomic mass is 10.2. The van der Waals surface area contributed by atoms with Gasteiger partial charge in [-0.05, 0) is 19.1 Å². The maximum Gasteiger partial charge on any atom is 0.133 e. The van der Waals surface area contributed by atoms with Crippen LogP contribution < -0.4 is 10.2 Å². The Labute approximate surface area is 96.5 Å². The lowest BCUT2D eigenvalue weighted by Crippen LogP contribution is -2.52. The van der Waals surface area contributed by atoms with Crippen molar-refractivity contribution in [2.24, 2.45) is 0 Å². The van der Waals surface area contributed by atoms with Crippen LogP contribution in [0, 0.1) is 0 Å². The molecule has 0 saturated carbocycles. The van der Waals surface area contributed by atoms with Gasteiger partial charge in [-0.25, -0.2) is 0 Å². The molecule has 0 amide bonds. The number of hydrogen-bond acceptors (Lipinski definition) is 3. The first-order chi connectivity index (χ1) is 7.68. The molecule has 4 heteroatoms. The van der Waals surface area contributed by atoms with Crippen molar-refractivity contribution in [1.29, 1.82) is 0 Å². The van der Waals surface area contributed by atoms with Gasteiger partial charge in [0.05, 0.1) is 19.8 Å². The number of benzene rings is 1. The molecule has 0 aliphatic heterocycles. The fourth-order valence-electron chi connectivity index (χ4n) is 2.04. The summed E-state index contributed by atoms with van der Waals surface area (Å²) in [4.78, 5) is 0. The molecule has 0 bridgehead atoms. The summed E-state index contributed by atoms with van der Waals surface area (Å²) in [6.07, 6.45) is 0. The van der Waals surface area contributed by atoms with Crippen LogP contribution in [-0.4, -0.2) is 43.1 Å². The molecule has 0 saturated heterocycles. The Kier molecular flexibility index (Phi) is 4.73. The maximum absolute atomic E-state index is 9.15. The summed E-state index contributed by atoms with van der Waals surface area (Å²) in [5.74, 6) is 0. The third kappa shape index (κ3) is 2.72. The second-order valence-corrected chi connectivity index (χ2v) is 3.95. The van der Waals surface area contributed by atoms with Crippen molar-refractivity contribution in [3.8, 4) is 0 Å². The molecule has 1 rings (SSSR count). The normalized spacial score (nSPS) is 11.7. The molecule has 1 aromatic rings. The van der Waals surface area contributed by atoms with E-state index in [1.54, 1.807) is 0 Å². The summed E-state index contributed by atoms with van der Waals surface area (Å²) in [5, 5.41) is 18.3. The highest BCUT2D eigenvalue weighted by atomic mass is 16.3. The SMILES string of the molecule is CC[N+](CCO)(CCO)c1ccc(N)cc1. The zero-order valence-electron chi connectivity index (χ0n) is 9.76. The van der Waals surface area contributed by atoms with E-state index in [2.05, 4.69) is 6.92 Å².